The molecular weight excluding hydrogens is 332 g/mol. The maximum atomic E-state index is 12.8. The SMILES string of the molecule is CC(C)[C@@H]1CC[C@@H](C)C[C@H]1C(=O)NCc1ccc2c(c1)CCNC2.Cl. The number of fused-ring (bicyclic) bond motifs is 1. The maximum absolute atomic E-state index is 12.8. The third-order valence-corrected chi connectivity index (χ3v) is 5.98. The van der Waals surface area contributed by atoms with Crippen LogP contribution in [-0.2, 0) is 24.3 Å². The second-order valence-electron chi connectivity index (χ2n) is 8.18. The van der Waals surface area contributed by atoms with Crippen LogP contribution in [0, 0.1) is 23.7 Å². The molecule has 1 fully saturated rings. The Hall–Kier alpha value is -1.06. The average molecular weight is 365 g/mol. The molecule has 3 rings (SSSR count). The quantitative estimate of drug-likeness (QED) is 0.845. The number of rotatable bonds is 4. The van der Waals surface area contributed by atoms with Gasteiger partial charge in [-0.2, -0.15) is 0 Å². The van der Waals surface area contributed by atoms with Crippen LogP contribution in [0.25, 0.3) is 0 Å². The first-order valence-corrected chi connectivity index (χ1v) is 9.63. The molecule has 4 heteroatoms. The molecule has 3 nitrogen and oxygen atoms in total. The van der Waals surface area contributed by atoms with Gasteiger partial charge in [-0.1, -0.05) is 45.4 Å². The minimum Gasteiger partial charge on any atom is -0.352 e. The molecule has 0 spiro atoms. The smallest absolute Gasteiger partial charge is 0.223 e. The molecule has 2 aliphatic rings. The lowest BCUT2D eigenvalue weighted by molar-refractivity contribution is -0.129. The summed E-state index contributed by atoms with van der Waals surface area (Å²) in [6.45, 7) is 9.50. The number of carbonyl (C=O) groups is 1. The van der Waals surface area contributed by atoms with Gasteiger partial charge in [-0.05, 0) is 60.3 Å². The van der Waals surface area contributed by atoms with E-state index in [0.717, 1.165) is 25.9 Å². The van der Waals surface area contributed by atoms with Gasteiger partial charge in [0.2, 0.25) is 5.91 Å². The average Bonchev–Trinajstić information content (AvgIpc) is 2.59. The van der Waals surface area contributed by atoms with Crippen LogP contribution in [0.2, 0.25) is 0 Å². The Bertz CT molecular complexity index is 587. The summed E-state index contributed by atoms with van der Waals surface area (Å²) in [7, 11) is 0. The Morgan fingerprint density at radius 1 is 1.28 bits per heavy atom. The van der Waals surface area contributed by atoms with E-state index in [2.05, 4.69) is 49.6 Å². The summed E-state index contributed by atoms with van der Waals surface area (Å²) >= 11 is 0. The van der Waals surface area contributed by atoms with E-state index in [0.29, 0.717) is 24.3 Å². The fourth-order valence-electron chi connectivity index (χ4n) is 4.46. The summed E-state index contributed by atoms with van der Waals surface area (Å²) in [4.78, 5) is 12.8. The second-order valence-corrected chi connectivity index (χ2v) is 8.18. The van der Waals surface area contributed by atoms with E-state index in [-0.39, 0.29) is 24.2 Å². The second kappa shape index (κ2) is 9.05. The zero-order valence-corrected chi connectivity index (χ0v) is 16.6. The number of nitrogens with one attached hydrogen (secondary N) is 2. The first kappa shape index (κ1) is 20.3. The summed E-state index contributed by atoms with van der Waals surface area (Å²) < 4.78 is 0. The van der Waals surface area contributed by atoms with Crippen LogP contribution in [0.4, 0.5) is 0 Å². The van der Waals surface area contributed by atoms with Crippen LogP contribution in [0.5, 0.6) is 0 Å². The number of halogens is 1. The molecular formula is C21H33ClN2O. The van der Waals surface area contributed by atoms with Gasteiger partial charge in [0.25, 0.3) is 0 Å². The van der Waals surface area contributed by atoms with E-state index in [9.17, 15) is 4.79 Å². The molecule has 0 unspecified atom stereocenters. The van der Waals surface area contributed by atoms with Gasteiger partial charge in [0.05, 0.1) is 0 Å². The van der Waals surface area contributed by atoms with E-state index in [4.69, 9.17) is 0 Å². The Kier molecular flexibility index (Phi) is 7.33. The summed E-state index contributed by atoms with van der Waals surface area (Å²) in [5.41, 5.74) is 4.07. The van der Waals surface area contributed by atoms with E-state index in [1.165, 1.54) is 29.5 Å². The molecule has 2 N–H and O–H groups in total. The molecule has 1 aromatic carbocycles. The van der Waals surface area contributed by atoms with Gasteiger partial charge in [-0.3, -0.25) is 4.79 Å². The third kappa shape index (κ3) is 4.98. The minimum absolute atomic E-state index is 0. The van der Waals surface area contributed by atoms with Crippen LogP contribution in [0.3, 0.4) is 0 Å². The molecule has 1 heterocycles. The van der Waals surface area contributed by atoms with Crippen molar-refractivity contribution in [2.45, 2.75) is 59.5 Å². The van der Waals surface area contributed by atoms with Crippen LogP contribution in [0.1, 0.15) is 56.7 Å². The first-order valence-electron chi connectivity index (χ1n) is 9.63. The van der Waals surface area contributed by atoms with Gasteiger partial charge >= 0.3 is 0 Å². The summed E-state index contributed by atoms with van der Waals surface area (Å²) in [6.07, 6.45) is 4.60. The van der Waals surface area contributed by atoms with Crippen molar-refractivity contribution in [3.05, 3.63) is 34.9 Å². The van der Waals surface area contributed by atoms with Crippen LogP contribution >= 0.6 is 12.4 Å². The van der Waals surface area contributed by atoms with Gasteiger partial charge < -0.3 is 10.6 Å². The number of hydrogen-bond donors (Lipinski definition) is 2. The standard InChI is InChI=1S/C21H32N2O.ClH/c1-14(2)19-7-4-15(3)10-20(19)21(24)23-12-16-5-6-18-13-22-9-8-17(18)11-16;/h5-6,11,14-15,19-20,22H,4,7-10,12-13H2,1-3H3,(H,23,24);1H/t15-,19+,20-;/m1./s1. The lowest BCUT2D eigenvalue weighted by Crippen LogP contribution is -2.40. The molecule has 1 aliphatic carbocycles. The number of hydrogen-bond acceptors (Lipinski definition) is 2. The van der Waals surface area contributed by atoms with Gasteiger partial charge in [-0.25, -0.2) is 0 Å². The highest BCUT2D eigenvalue weighted by Gasteiger charge is 2.35. The first-order chi connectivity index (χ1) is 11.5. The van der Waals surface area contributed by atoms with Crippen molar-refractivity contribution in [2.24, 2.45) is 23.7 Å². The van der Waals surface area contributed by atoms with E-state index < -0.39 is 0 Å². The largest absolute Gasteiger partial charge is 0.352 e. The molecule has 25 heavy (non-hydrogen) atoms. The lowest BCUT2D eigenvalue weighted by atomic mass is 9.70. The number of carbonyl (C=O) groups excluding carboxylic acids is 1. The molecule has 0 saturated heterocycles. The summed E-state index contributed by atoms with van der Waals surface area (Å²) in [5.74, 6) is 2.25. The Morgan fingerprint density at radius 2 is 2.08 bits per heavy atom. The molecule has 140 valence electrons. The van der Waals surface area contributed by atoms with Gasteiger partial charge in [0.15, 0.2) is 0 Å². The molecule has 0 aromatic heterocycles. The third-order valence-electron chi connectivity index (χ3n) is 5.98. The highest BCUT2D eigenvalue weighted by atomic mass is 35.5. The molecule has 1 aliphatic heterocycles. The van der Waals surface area contributed by atoms with Crippen LogP contribution in [-0.4, -0.2) is 12.5 Å². The van der Waals surface area contributed by atoms with Gasteiger partial charge in [-0.15, -0.1) is 12.4 Å². The normalized spacial score (nSPS) is 25.8. The van der Waals surface area contributed by atoms with Crippen molar-refractivity contribution in [3.8, 4) is 0 Å². The topological polar surface area (TPSA) is 41.1 Å². The lowest BCUT2D eigenvalue weighted by Gasteiger charge is -2.36. The van der Waals surface area contributed by atoms with Crippen LogP contribution < -0.4 is 10.6 Å². The van der Waals surface area contributed by atoms with Crippen molar-refractivity contribution in [2.75, 3.05) is 6.54 Å². The van der Waals surface area contributed by atoms with Crippen molar-refractivity contribution in [1.29, 1.82) is 0 Å². The highest BCUT2D eigenvalue weighted by molar-refractivity contribution is 5.85. The van der Waals surface area contributed by atoms with Crippen molar-refractivity contribution in [3.63, 3.8) is 0 Å². The van der Waals surface area contributed by atoms with Crippen LogP contribution in [0.15, 0.2) is 18.2 Å². The Morgan fingerprint density at radius 3 is 2.84 bits per heavy atom. The predicted molar refractivity (Wildman–Crippen MR) is 106 cm³/mol. The van der Waals surface area contributed by atoms with E-state index in [1.807, 2.05) is 0 Å². The van der Waals surface area contributed by atoms with E-state index >= 15 is 0 Å². The van der Waals surface area contributed by atoms with Crippen molar-refractivity contribution >= 4 is 18.3 Å². The zero-order chi connectivity index (χ0) is 17.1. The molecule has 1 saturated carbocycles. The number of amides is 1. The predicted octanol–water partition coefficient (Wildman–Crippen LogP) is 4.08. The highest BCUT2D eigenvalue weighted by Crippen LogP contribution is 2.38. The molecule has 0 bridgehead atoms. The molecule has 1 amide bonds. The van der Waals surface area contributed by atoms with Crippen molar-refractivity contribution in [1.82, 2.24) is 10.6 Å². The van der Waals surface area contributed by atoms with E-state index in [1.54, 1.807) is 0 Å². The maximum Gasteiger partial charge on any atom is 0.223 e. The van der Waals surface area contributed by atoms with Crippen molar-refractivity contribution < 1.29 is 4.79 Å². The Labute approximate surface area is 158 Å². The molecule has 3 atom stereocenters. The monoisotopic (exact) mass is 364 g/mol. The Balaban J connectivity index is 0.00000225. The zero-order valence-electron chi connectivity index (χ0n) is 15.8. The molecule has 1 aromatic rings. The summed E-state index contributed by atoms with van der Waals surface area (Å²) in [5, 5.41) is 6.63. The van der Waals surface area contributed by atoms with Gasteiger partial charge in [0, 0.05) is 19.0 Å². The molecule has 0 radical (unpaired) electrons. The van der Waals surface area contributed by atoms with Gasteiger partial charge in [0.1, 0.15) is 0 Å². The minimum atomic E-state index is 0. The fourth-order valence-corrected chi connectivity index (χ4v) is 4.46. The number of benzene rings is 1. The fraction of sp³-hybridized carbons (Fsp3) is 0.667. The summed E-state index contributed by atoms with van der Waals surface area (Å²) in [6, 6.07) is 6.65.